The largest absolute Gasteiger partial charge is 0.357 e. The van der Waals surface area contributed by atoms with Gasteiger partial charge in [0, 0.05) is 5.35 Å². The van der Waals surface area contributed by atoms with Gasteiger partial charge in [-0.15, -0.1) is 0 Å². The summed E-state index contributed by atoms with van der Waals surface area (Å²) in [4.78, 5) is 17.8. The Bertz CT molecular complexity index is 1640. The van der Waals surface area contributed by atoms with Crippen LogP contribution < -0.4 is 5.35 Å². The Morgan fingerprint density at radius 2 is 1.46 bits per heavy atom. The highest BCUT2D eigenvalue weighted by Crippen LogP contribution is 2.21. The molecule has 0 saturated heterocycles. The van der Waals surface area contributed by atoms with E-state index in [9.17, 15) is 0 Å². The fraction of sp³-hybridized carbons (Fsp3) is 0.320. The summed E-state index contributed by atoms with van der Waals surface area (Å²) < 4.78 is 6.37. The number of nitrogens with zero attached hydrogens (tertiary/aromatic N) is 8. The fourth-order valence-electron chi connectivity index (χ4n) is 4.46. The van der Waals surface area contributed by atoms with E-state index in [2.05, 4.69) is 59.2 Å². The number of aryl methyl sites for hydroxylation is 2. The van der Waals surface area contributed by atoms with Gasteiger partial charge >= 0.3 is 7.55 Å². The number of pyridine rings is 2. The van der Waals surface area contributed by atoms with Gasteiger partial charge in [0.2, 0.25) is 7.41 Å². The molecule has 0 saturated carbocycles. The molecule has 0 fully saturated rings. The maximum Gasteiger partial charge on any atom is 0.357 e. The van der Waals surface area contributed by atoms with Gasteiger partial charge < -0.3 is 14.1 Å². The van der Waals surface area contributed by atoms with Crippen LogP contribution in [0.15, 0.2) is 36.4 Å². The summed E-state index contributed by atoms with van der Waals surface area (Å²) in [7, 11) is 12.2. The van der Waals surface area contributed by atoms with E-state index in [0.717, 1.165) is 62.4 Å². The topological polar surface area (TPSA) is 58.9 Å². The van der Waals surface area contributed by atoms with Crippen molar-refractivity contribution in [3.05, 3.63) is 58.8 Å². The molecular weight excluding hydrogens is 434 g/mol. The molecule has 35 heavy (non-hydrogen) atoms. The Morgan fingerprint density at radius 1 is 0.829 bits per heavy atom. The Kier molecular flexibility index (Phi) is 6.62. The molecule has 8 nitrogen and oxygen atoms in total. The standard InChI is InChI=1S/2C12H14BN4.CH4/c1-8-12-16-10(6-5-7-11(16)14-8)9(2)17(12)13-15(3)4;1-8-12-15-9(7-13-16(2)3)10-5-4-6-11(14-8)17(10)12;/h5-7H,2H2,1,3-4H3;4-6H,7H2,1-3H3;1H4. The maximum atomic E-state index is 4.69. The van der Waals surface area contributed by atoms with Gasteiger partial charge in [0.25, 0.3) is 0 Å². The van der Waals surface area contributed by atoms with Gasteiger partial charge in [0.15, 0.2) is 5.65 Å². The van der Waals surface area contributed by atoms with Crippen molar-refractivity contribution in [1.29, 1.82) is 0 Å². The predicted molar refractivity (Wildman–Crippen MR) is 147 cm³/mol. The van der Waals surface area contributed by atoms with Crippen LogP contribution in [-0.2, 0) is 6.32 Å². The Hall–Kier alpha value is -3.36. The van der Waals surface area contributed by atoms with Crippen LogP contribution in [0.5, 0.6) is 0 Å². The molecule has 0 aromatic carbocycles. The molecule has 0 aliphatic heterocycles. The van der Waals surface area contributed by atoms with Crippen molar-refractivity contribution in [3.8, 4) is 0 Å². The second kappa shape index (κ2) is 9.36. The van der Waals surface area contributed by atoms with Crippen LogP contribution in [0.25, 0.3) is 40.2 Å². The smallest absolute Gasteiger partial charge is 0.357 e. The molecule has 6 aromatic rings. The number of imidazole rings is 4. The van der Waals surface area contributed by atoms with Crippen LogP contribution in [-0.4, -0.2) is 81.0 Å². The molecule has 2 radical (unpaired) electrons. The zero-order chi connectivity index (χ0) is 24.1. The van der Waals surface area contributed by atoms with E-state index in [4.69, 9.17) is 0 Å². The third-order valence-corrected chi connectivity index (χ3v) is 5.92. The average molecular weight is 466 g/mol. The molecule has 0 spiro atoms. The summed E-state index contributed by atoms with van der Waals surface area (Å²) >= 11 is 0. The van der Waals surface area contributed by atoms with Crippen LogP contribution in [0.4, 0.5) is 0 Å². The molecular formula is C25H32B2N8. The first-order valence-corrected chi connectivity index (χ1v) is 11.3. The number of rotatable bonds is 5. The molecule has 6 rings (SSSR count). The van der Waals surface area contributed by atoms with Gasteiger partial charge in [0.05, 0.1) is 28.1 Å². The molecule has 0 aliphatic rings. The fourth-order valence-corrected chi connectivity index (χ4v) is 4.46. The van der Waals surface area contributed by atoms with Crippen LogP contribution in [0.1, 0.15) is 24.5 Å². The van der Waals surface area contributed by atoms with Crippen LogP contribution in [0, 0.1) is 13.8 Å². The van der Waals surface area contributed by atoms with Gasteiger partial charge in [-0.25, -0.2) is 15.0 Å². The lowest BCUT2D eigenvalue weighted by atomic mass is 9.85. The first-order chi connectivity index (χ1) is 16.3. The summed E-state index contributed by atoms with van der Waals surface area (Å²) in [5.41, 5.74) is 9.44. The van der Waals surface area contributed by atoms with E-state index in [-0.39, 0.29) is 7.43 Å². The molecule has 0 bridgehead atoms. The maximum absolute atomic E-state index is 4.69. The second-order valence-corrected chi connectivity index (χ2v) is 9.06. The SMILES string of the molecule is C.C=c1c2cccc3nc(C)c(n1[B]N(C)C)n32.Cc1nc2cccc3c(C[B]N(C)C)nc1n23. The Morgan fingerprint density at radius 3 is 2.11 bits per heavy atom. The van der Waals surface area contributed by atoms with E-state index >= 15 is 0 Å². The molecule has 6 aromatic heterocycles. The zero-order valence-electron chi connectivity index (χ0n) is 20.6. The third-order valence-electron chi connectivity index (χ3n) is 5.92. The summed E-state index contributed by atoms with van der Waals surface area (Å²) in [5.74, 6) is 0. The molecule has 0 atom stereocenters. The van der Waals surface area contributed by atoms with Crippen molar-refractivity contribution < 1.29 is 0 Å². The molecule has 0 N–H and O–H groups in total. The van der Waals surface area contributed by atoms with Gasteiger partial charge in [-0.1, -0.05) is 26.1 Å². The van der Waals surface area contributed by atoms with E-state index in [1.165, 1.54) is 0 Å². The Labute approximate surface area is 207 Å². The monoisotopic (exact) mass is 466 g/mol. The molecule has 0 aliphatic carbocycles. The third kappa shape index (κ3) is 4.17. The van der Waals surface area contributed by atoms with Crippen LogP contribution in [0.2, 0.25) is 0 Å². The number of aromatic nitrogens is 6. The lowest BCUT2D eigenvalue weighted by Gasteiger charge is -2.08. The van der Waals surface area contributed by atoms with Crippen LogP contribution in [0.3, 0.4) is 0 Å². The van der Waals surface area contributed by atoms with Gasteiger partial charge in [-0.2, -0.15) is 0 Å². The van der Waals surface area contributed by atoms with E-state index in [1.54, 1.807) is 0 Å². The predicted octanol–water partition coefficient (Wildman–Crippen LogP) is 2.62. The van der Waals surface area contributed by atoms with Crippen molar-refractivity contribution in [2.45, 2.75) is 27.6 Å². The van der Waals surface area contributed by atoms with E-state index in [1.807, 2.05) is 78.7 Å². The highest BCUT2D eigenvalue weighted by atomic mass is 15.2. The van der Waals surface area contributed by atoms with Gasteiger partial charge in [-0.3, -0.25) is 8.80 Å². The van der Waals surface area contributed by atoms with Gasteiger partial charge in [0.1, 0.15) is 16.9 Å². The average Bonchev–Trinajstić information content (AvgIpc) is 3.49. The summed E-state index contributed by atoms with van der Waals surface area (Å²) in [6.07, 6.45) is 0.854. The zero-order valence-corrected chi connectivity index (χ0v) is 20.6. The quantitative estimate of drug-likeness (QED) is 0.366. The highest BCUT2D eigenvalue weighted by Gasteiger charge is 2.16. The minimum atomic E-state index is 0. The molecule has 0 unspecified atom stereocenters. The van der Waals surface area contributed by atoms with E-state index in [0.29, 0.717) is 0 Å². The minimum absolute atomic E-state index is 0. The minimum Gasteiger partial charge on any atom is -0.357 e. The number of hydrogen-bond acceptors (Lipinski definition) is 5. The molecule has 178 valence electrons. The van der Waals surface area contributed by atoms with Crippen molar-refractivity contribution in [2.24, 2.45) is 0 Å². The van der Waals surface area contributed by atoms with E-state index < -0.39 is 0 Å². The lowest BCUT2D eigenvalue weighted by Crippen LogP contribution is -2.31. The van der Waals surface area contributed by atoms with Crippen molar-refractivity contribution in [3.63, 3.8) is 0 Å². The second-order valence-electron chi connectivity index (χ2n) is 9.06. The van der Waals surface area contributed by atoms with Crippen molar-refractivity contribution >= 4 is 55.2 Å². The summed E-state index contributed by atoms with van der Waals surface area (Å²) in [6, 6.07) is 12.3. The Balaban J connectivity index is 0.000000160. The van der Waals surface area contributed by atoms with Gasteiger partial charge in [-0.05, 0) is 72.6 Å². The first-order valence-electron chi connectivity index (χ1n) is 11.3. The summed E-state index contributed by atoms with van der Waals surface area (Å²) in [6.45, 7) is 8.20. The molecule has 10 heteroatoms. The lowest BCUT2D eigenvalue weighted by molar-refractivity contribution is 0.648. The van der Waals surface area contributed by atoms with Crippen molar-refractivity contribution in [2.75, 3.05) is 28.2 Å². The summed E-state index contributed by atoms with van der Waals surface area (Å²) in [5, 5.41) is 0.991. The van der Waals surface area contributed by atoms with Crippen molar-refractivity contribution in [1.82, 2.24) is 37.9 Å². The first kappa shape index (κ1) is 24.8. The normalized spacial score (nSPS) is 11.7. The number of hydrogen-bond donors (Lipinski definition) is 0. The molecule has 0 amide bonds. The molecule has 6 heterocycles. The highest BCUT2D eigenvalue weighted by molar-refractivity contribution is 6.31. The van der Waals surface area contributed by atoms with Crippen LogP contribution >= 0.6 is 0 Å².